The van der Waals surface area contributed by atoms with Crippen molar-refractivity contribution in [2.45, 2.75) is 52.5 Å². The molecule has 0 amide bonds. The molecule has 0 bridgehead atoms. The average molecular weight is 687 g/mol. The van der Waals surface area contributed by atoms with E-state index in [-0.39, 0.29) is 29.4 Å². The number of carbonyl (C=O) groups excluding carboxylic acids is 1. The number of esters is 1. The molecule has 0 radical (unpaired) electrons. The van der Waals surface area contributed by atoms with Crippen molar-refractivity contribution in [3.05, 3.63) is 129 Å². The van der Waals surface area contributed by atoms with E-state index in [2.05, 4.69) is 13.8 Å². The van der Waals surface area contributed by atoms with Crippen LogP contribution >= 0.6 is 11.3 Å². The van der Waals surface area contributed by atoms with Gasteiger partial charge in [0.25, 0.3) is 11.2 Å². The van der Waals surface area contributed by atoms with Gasteiger partial charge in [-0.05, 0) is 60.2 Å². The summed E-state index contributed by atoms with van der Waals surface area (Å²) in [5.41, 5.74) is 1.97. The van der Waals surface area contributed by atoms with Gasteiger partial charge in [0.2, 0.25) is 5.75 Å². The SMILES string of the molecule is CCCC1=C(C(=O)OCC)[C@H](c2ccc(C(C)C)cc2)n2c(s/c(=C\c3ccc(Oc4ccc([N+](=O)[O-])cc4[N+](=O)[O-])c(OC)c3)c2=O)=N1. The molecule has 0 saturated heterocycles. The molecule has 4 aromatic rings. The van der Waals surface area contributed by atoms with Gasteiger partial charge in [-0.15, -0.1) is 0 Å². The van der Waals surface area contributed by atoms with Gasteiger partial charge in [0.1, 0.15) is 0 Å². The lowest BCUT2D eigenvalue weighted by Gasteiger charge is -2.26. The number of allylic oxidation sites excluding steroid dienone is 1. The Labute approximate surface area is 284 Å². The molecule has 0 spiro atoms. The molecule has 0 unspecified atom stereocenters. The smallest absolute Gasteiger partial charge is 0.338 e. The van der Waals surface area contributed by atoms with Crippen LogP contribution in [0, 0.1) is 20.2 Å². The molecule has 254 valence electrons. The van der Waals surface area contributed by atoms with E-state index in [0.717, 1.165) is 35.7 Å². The van der Waals surface area contributed by atoms with Crippen LogP contribution in [0.4, 0.5) is 11.4 Å². The summed E-state index contributed by atoms with van der Waals surface area (Å²) >= 11 is 1.19. The minimum Gasteiger partial charge on any atom is -0.493 e. The van der Waals surface area contributed by atoms with Gasteiger partial charge in [-0.1, -0.05) is 68.9 Å². The van der Waals surface area contributed by atoms with E-state index >= 15 is 0 Å². The first-order chi connectivity index (χ1) is 23.5. The number of nitro benzene ring substituents is 2. The monoisotopic (exact) mass is 686 g/mol. The van der Waals surface area contributed by atoms with E-state index in [1.165, 1.54) is 29.1 Å². The predicted octanol–water partition coefficient (Wildman–Crippen LogP) is 6.32. The Morgan fingerprint density at radius 2 is 1.71 bits per heavy atom. The van der Waals surface area contributed by atoms with Gasteiger partial charge in [-0.25, -0.2) is 9.79 Å². The van der Waals surface area contributed by atoms with E-state index in [1.807, 2.05) is 31.2 Å². The largest absolute Gasteiger partial charge is 0.493 e. The number of non-ortho nitro benzene ring substituents is 1. The van der Waals surface area contributed by atoms with Gasteiger partial charge in [-0.2, -0.15) is 0 Å². The number of hydrogen-bond acceptors (Lipinski definition) is 11. The van der Waals surface area contributed by atoms with E-state index in [0.29, 0.717) is 38.5 Å². The van der Waals surface area contributed by atoms with Crippen LogP contribution in [0.2, 0.25) is 0 Å². The van der Waals surface area contributed by atoms with Crippen LogP contribution in [0.1, 0.15) is 69.2 Å². The van der Waals surface area contributed by atoms with Crippen LogP contribution in [0.25, 0.3) is 6.08 Å². The van der Waals surface area contributed by atoms with Gasteiger partial charge in [0.05, 0.1) is 51.5 Å². The van der Waals surface area contributed by atoms with Crippen LogP contribution in [0.5, 0.6) is 17.2 Å². The molecule has 5 rings (SSSR count). The molecule has 2 heterocycles. The summed E-state index contributed by atoms with van der Waals surface area (Å²) in [7, 11) is 1.39. The van der Waals surface area contributed by atoms with Crippen molar-refractivity contribution in [2.24, 2.45) is 4.99 Å². The van der Waals surface area contributed by atoms with E-state index in [1.54, 1.807) is 25.1 Å². The molecule has 14 heteroatoms. The van der Waals surface area contributed by atoms with E-state index in [9.17, 15) is 29.8 Å². The summed E-state index contributed by atoms with van der Waals surface area (Å²) in [6.07, 6.45) is 2.91. The molecular formula is C35H34N4O9S. The highest BCUT2D eigenvalue weighted by atomic mass is 32.1. The van der Waals surface area contributed by atoms with Crippen molar-refractivity contribution < 1.29 is 28.9 Å². The number of ether oxygens (including phenoxy) is 3. The van der Waals surface area contributed by atoms with Crippen molar-refractivity contribution in [1.82, 2.24) is 4.57 Å². The van der Waals surface area contributed by atoms with Crippen LogP contribution in [-0.4, -0.2) is 34.1 Å². The molecule has 1 aliphatic heterocycles. The zero-order valence-corrected chi connectivity index (χ0v) is 28.3. The minimum absolute atomic E-state index is 0.117. The summed E-state index contributed by atoms with van der Waals surface area (Å²) < 4.78 is 18.6. The van der Waals surface area contributed by atoms with Crippen molar-refractivity contribution in [2.75, 3.05) is 13.7 Å². The fraction of sp³-hybridized carbons (Fsp3) is 0.286. The molecular weight excluding hydrogens is 652 g/mol. The topological polar surface area (TPSA) is 165 Å². The zero-order valence-electron chi connectivity index (χ0n) is 27.5. The predicted molar refractivity (Wildman–Crippen MR) is 183 cm³/mol. The van der Waals surface area contributed by atoms with Crippen LogP contribution in [0.3, 0.4) is 0 Å². The first-order valence-electron chi connectivity index (χ1n) is 15.6. The first-order valence-corrected chi connectivity index (χ1v) is 16.4. The number of nitro groups is 2. The molecule has 1 aromatic heterocycles. The normalized spacial score (nSPS) is 14.3. The van der Waals surface area contributed by atoms with Crippen molar-refractivity contribution >= 4 is 34.8 Å². The van der Waals surface area contributed by atoms with Gasteiger partial charge < -0.3 is 14.2 Å². The maximum absolute atomic E-state index is 14.1. The summed E-state index contributed by atoms with van der Waals surface area (Å²) in [6, 6.07) is 14.9. The van der Waals surface area contributed by atoms with Crippen LogP contribution in [0.15, 0.2) is 81.7 Å². The standard InChI is InChI=1S/C35H34N4O9S/c1-6-8-25-31(34(41)47-7-2)32(23-12-10-22(11-13-23)20(3)4)37-33(40)30(49-35(37)36-25)18-21-9-15-28(29(17-21)46-5)48-27-16-14-24(38(42)43)19-26(27)39(44)45/h9-20,32H,6-8H2,1-5H3/b30-18-/t32-/m0/s1. The Bertz CT molecular complexity index is 2150. The van der Waals surface area contributed by atoms with Gasteiger partial charge in [-0.3, -0.25) is 29.6 Å². The second-order valence-corrected chi connectivity index (χ2v) is 12.4. The Hall–Kier alpha value is -5.63. The van der Waals surface area contributed by atoms with Crippen molar-refractivity contribution in [3.8, 4) is 17.2 Å². The Morgan fingerprint density at radius 3 is 2.33 bits per heavy atom. The molecule has 0 fully saturated rings. The highest BCUT2D eigenvalue weighted by Gasteiger charge is 2.34. The summed E-state index contributed by atoms with van der Waals surface area (Å²) in [4.78, 5) is 54.1. The molecule has 0 aliphatic carbocycles. The highest BCUT2D eigenvalue weighted by molar-refractivity contribution is 7.07. The van der Waals surface area contributed by atoms with E-state index < -0.39 is 33.2 Å². The lowest BCUT2D eigenvalue weighted by Crippen LogP contribution is -2.40. The number of methoxy groups -OCH3 is 1. The second-order valence-electron chi connectivity index (χ2n) is 11.4. The maximum atomic E-state index is 14.1. The molecule has 3 aromatic carbocycles. The molecule has 0 saturated carbocycles. The third kappa shape index (κ3) is 7.14. The van der Waals surface area contributed by atoms with Gasteiger partial charge in [0, 0.05) is 6.07 Å². The Morgan fingerprint density at radius 1 is 1.00 bits per heavy atom. The summed E-state index contributed by atoms with van der Waals surface area (Å²) in [5, 5.41) is 22.7. The highest BCUT2D eigenvalue weighted by Crippen LogP contribution is 2.39. The van der Waals surface area contributed by atoms with Gasteiger partial charge in [0.15, 0.2) is 16.3 Å². The van der Waals surface area contributed by atoms with Crippen LogP contribution in [-0.2, 0) is 9.53 Å². The Kier molecular flexibility index (Phi) is 10.4. The third-order valence-electron chi connectivity index (χ3n) is 7.87. The average Bonchev–Trinajstić information content (AvgIpc) is 3.38. The fourth-order valence-electron chi connectivity index (χ4n) is 5.48. The lowest BCUT2D eigenvalue weighted by atomic mass is 9.92. The van der Waals surface area contributed by atoms with E-state index in [4.69, 9.17) is 19.2 Å². The number of carbonyl (C=O) groups is 1. The molecule has 49 heavy (non-hydrogen) atoms. The van der Waals surface area contributed by atoms with Gasteiger partial charge >= 0.3 is 11.7 Å². The Balaban J connectivity index is 1.61. The molecule has 1 aliphatic rings. The number of benzene rings is 3. The number of nitrogens with zero attached hydrogens (tertiary/aromatic N) is 4. The molecule has 13 nitrogen and oxygen atoms in total. The quantitative estimate of drug-likeness (QED) is 0.0942. The van der Waals surface area contributed by atoms with Crippen LogP contribution < -0.4 is 24.4 Å². The zero-order chi connectivity index (χ0) is 35.4. The maximum Gasteiger partial charge on any atom is 0.338 e. The third-order valence-corrected chi connectivity index (χ3v) is 8.85. The van der Waals surface area contributed by atoms with Crippen molar-refractivity contribution in [3.63, 3.8) is 0 Å². The molecule has 0 N–H and O–H groups in total. The number of hydrogen-bond donors (Lipinski definition) is 0. The van der Waals surface area contributed by atoms with Crippen molar-refractivity contribution in [1.29, 1.82) is 0 Å². The second kappa shape index (κ2) is 14.6. The summed E-state index contributed by atoms with van der Waals surface area (Å²) in [5.74, 6) is -0.115. The number of rotatable bonds is 12. The fourth-order valence-corrected chi connectivity index (χ4v) is 6.50. The minimum atomic E-state index is -0.770. The summed E-state index contributed by atoms with van der Waals surface area (Å²) in [6.45, 7) is 8.08. The number of fused-ring (bicyclic) bond motifs is 1. The first kappa shape index (κ1) is 34.7. The number of thiazole rings is 1. The molecule has 1 atom stereocenters. The lowest BCUT2D eigenvalue weighted by molar-refractivity contribution is -0.394. The number of aromatic nitrogens is 1.